The quantitative estimate of drug-likeness (QED) is 0.806. The molecule has 0 atom stereocenters. The van der Waals surface area contributed by atoms with E-state index in [2.05, 4.69) is 21.5 Å². The third-order valence-electron chi connectivity index (χ3n) is 4.32. The molecule has 2 aromatic rings. The summed E-state index contributed by atoms with van der Waals surface area (Å²) in [4.78, 5) is 15.6. The maximum Gasteiger partial charge on any atom is 0.181 e. The van der Waals surface area contributed by atoms with Gasteiger partial charge in [-0.25, -0.2) is 9.78 Å². The molecule has 7 nitrogen and oxygen atoms in total. The fraction of sp³-hybridized carbons (Fsp3) is 0.312. The molecule has 4 rings (SSSR count). The summed E-state index contributed by atoms with van der Waals surface area (Å²) < 4.78 is 7.70. The number of aromatic nitrogens is 3. The van der Waals surface area contributed by atoms with Crippen molar-refractivity contribution in [1.82, 2.24) is 14.8 Å². The van der Waals surface area contributed by atoms with E-state index in [1.54, 1.807) is 10.9 Å². The predicted octanol–water partition coefficient (Wildman–Crippen LogP) is 1.71. The number of hydrogen-bond acceptors (Lipinski definition) is 6. The largest absolute Gasteiger partial charge is 0.475 e. The number of carbonyl (C=O) groups excluding carboxylic acids is 1. The molecule has 1 aliphatic carbocycles. The van der Waals surface area contributed by atoms with Crippen LogP contribution in [0.4, 0.5) is 5.82 Å². The Morgan fingerprint density at radius 1 is 1.48 bits per heavy atom. The van der Waals surface area contributed by atoms with Gasteiger partial charge in [-0.15, -0.1) is 0 Å². The second-order valence-corrected chi connectivity index (χ2v) is 5.78. The van der Waals surface area contributed by atoms with Crippen LogP contribution < -0.4 is 10.1 Å². The van der Waals surface area contributed by atoms with Crippen molar-refractivity contribution in [2.75, 3.05) is 5.32 Å². The highest BCUT2D eigenvalue weighted by Crippen LogP contribution is 2.52. The zero-order chi connectivity index (χ0) is 16.2. The fourth-order valence-corrected chi connectivity index (χ4v) is 2.97. The summed E-state index contributed by atoms with van der Waals surface area (Å²) in [5, 5.41) is 16.8. The van der Waals surface area contributed by atoms with Crippen LogP contribution >= 0.6 is 0 Å². The van der Waals surface area contributed by atoms with E-state index in [0.29, 0.717) is 34.1 Å². The molecule has 114 valence electrons. The Bertz CT molecular complexity index is 927. The number of aryl methyl sites for hydroxylation is 2. The summed E-state index contributed by atoms with van der Waals surface area (Å²) in [7, 11) is 1.81. The number of nitriles is 1. The van der Waals surface area contributed by atoms with Crippen molar-refractivity contribution in [3.8, 4) is 23.1 Å². The van der Waals surface area contributed by atoms with Crippen molar-refractivity contribution in [1.29, 1.82) is 5.26 Å². The third kappa shape index (κ3) is 1.79. The number of nitrogens with one attached hydrogen (secondary N) is 1. The molecule has 0 unspecified atom stereocenters. The molecule has 3 heterocycles. The minimum Gasteiger partial charge on any atom is -0.475 e. The lowest BCUT2D eigenvalue weighted by Crippen LogP contribution is -2.32. The maximum absolute atomic E-state index is 11.2. The van der Waals surface area contributed by atoms with E-state index in [1.807, 2.05) is 26.0 Å². The molecule has 0 radical (unpaired) electrons. The number of anilines is 1. The minimum atomic E-state index is -0.666. The Kier molecular flexibility index (Phi) is 2.62. The average molecular weight is 307 g/mol. The Hall–Kier alpha value is -3.10. The highest BCUT2D eigenvalue weighted by molar-refractivity contribution is 5.81. The Balaban J connectivity index is 1.98. The number of nitrogens with zero attached hydrogens (tertiary/aromatic N) is 4. The van der Waals surface area contributed by atoms with Crippen LogP contribution in [0.1, 0.15) is 24.1 Å². The van der Waals surface area contributed by atoms with Crippen LogP contribution in [0.2, 0.25) is 0 Å². The second kappa shape index (κ2) is 4.45. The van der Waals surface area contributed by atoms with Gasteiger partial charge in [0.2, 0.25) is 0 Å². The maximum atomic E-state index is 11.2. The lowest BCUT2D eigenvalue weighted by atomic mass is 10.0. The highest BCUT2D eigenvalue weighted by Gasteiger charge is 2.54. The number of hydrogen-bond donors (Lipinski definition) is 1. The van der Waals surface area contributed by atoms with Gasteiger partial charge in [-0.3, -0.25) is 4.68 Å². The molecule has 1 aliphatic heterocycles. The molecule has 0 amide bonds. The molecule has 23 heavy (non-hydrogen) atoms. The third-order valence-corrected chi connectivity index (χ3v) is 4.32. The second-order valence-electron chi connectivity index (χ2n) is 5.78. The molecule has 2 aromatic heterocycles. The normalized spacial score (nSPS) is 16.8. The van der Waals surface area contributed by atoms with E-state index in [0.717, 1.165) is 18.5 Å². The molecule has 0 bridgehead atoms. The summed E-state index contributed by atoms with van der Waals surface area (Å²) >= 11 is 0. The fourth-order valence-electron chi connectivity index (χ4n) is 2.97. The lowest BCUT2D eigenvalue weighted by molar-refractivity contribution is 0.211. The zero-order valence-corrected chi connectivity index (χ0v) is 12.7. The van der Waals surface area contributed by atoms with E-state index < -0.39 is 5.60 Å². The molecular formula is C16H13N5O2. The van der Waals surface area contributed by atoms with Gasteiger partial charge in [0.15, 0.2) is 17.2 Å². The standard InChI is InChI=1S/C16H13N5O2/c1-9-13(11-3-6-18-21(11)2)10(7-17)14-15(19-9)20-12(8-22)16(23-14)4-5-16/h3,6H,4-5H2,1-2H3,(H,19,20). The van der Waals surface area contributed by atoms with E-state index in [9.17, 15) is 10.1 Å². The first-order valence-electron chi connectivity index (χ1n) is 7.24. The molecule has 1 saturated carbocycles. The van der Waals surface area contributed by atoms with E-state index >= 15 is 0 Å². The van der Waals surface area contributed by atoms with Crippen molar-refractivity contribution in [3.63, 3.8) is 0 Å². The van der Waals surface area contributed by atoms with Gasteiger partial charge in [-0.1, -0.05) is 0 Å². The molecule has 1 N–H and O–H groups in total. The molecule has 0 aromatic carbocycles. The smallest absolute Gasteiger partial charge is 0.181 e. The molecule has 1 fully saturated rings. The molecule has 1 spiro atoms. The summed E-state index contributed by atoms with van der Waals surface area (Å²) in [6.07, 6.45) is 3.12. The van der Waals surface area contributed by atoms with E-state index in [-0.39, 0.29) is 0 Å². The van der Waals surface area contributed by atoms with Crippen LogP contribution in [-0.2, 0) is 11.8 Å². The summed E-state index contributed by atoms with van der Waals surface area (Å²) in [5.74, 6) is 2.68. The predicted molar refractivity (Wildman–Crippen MR) is 81.3 cm³/mol. The first kappa shape index (κ1) is 13.6. The van der Waals surface area contributed by atoms with Gasteiger partial charge in [0.1, 0.15) is 23.3 Å². The van der Waals surface area contributed by atoms with Crippen molar-refractivity contribution < 1.29 is 9.53 Å². The van der Waals surface area contributed by atoms with Crippen LogP contribution in [0, 0.1) is 18.3 Å². The van der Waals surface area contributed by atoms with Crippen LogP contribution in [0.15, 0.2) is 18.0 Å². The number of pyridine rings is 1. The van der Waals surface area contributed by atoms with Gasteiger partial charge in [-0.05, 0) is 25.8 Å². The summed E-state index contributed by atoms with van der Waals surface area (Å²) in [5.41, 5.74) is 2.24. The van der Waals surface area contributed by atoms with Gasteiger partial charge < -0.3 is 10.1 Å². The molecular weight excluding hydrogens is 294 g/mol. The summed E-state index contributed by atoms with van der Waals surface area (Å²) in [6, 6.07) is 4.06. The first-order valence-corrected chi connectivity index (χ1v) is 7.24. The van der Waals surface area contributed by atoms with Crippen LogP contribution in [0.25, 0.3) is 11.3 Å². The van der Waals surface area contributed by atoms with Gasteiger partial charge >= 0.3 is 0 Å². The Labute approximate surface area is 132 Å². The number of rotatable bonds is 1. The molecule has 0 saturated heterocycles. The van der Waals surface area contributed by atoms with E-state index in [4.69, 9.17) is 4.74 Å². The number of fused-ring (bicyclic) bond motifs is 1. The SMILES string of the molecule is Cc1nc2c(c(C#N)c1-c1ccnn1C)OC1(CC1)C(=C=O)N2. The van der Waals surface area contributed by atoms with Crippen molar-refractivity contribution in [2.45, 2.75) is 25.4 Å². The summed E-state index contributed by atoms with van der Waals surface area (Å²) in [6.45, 7) is 1.82. The van der Waals surface area contributed by atoms with Crippen molar-refractivity contribution in [2.24, 2.45) is 7.05 Å². The molecule has 2 aliphatic rings. The Morgan fingerprint density at radius 3 is 2.83 bits per heavy atom. The monoisotopic (exact) mass is 307 g/mol. The van der Waals surface area contributed by atoms with Crippen molar-refractivity contribution >= 4 is 11.8 Å². The minimum absolute atomic E-state index is 0.356. The van der Waals surface area contributed by atoms with Gasteiger partial charge in [0, 0.05) is 18.8 Å². The van der Waals surface area contributed by atoms with Crippen molar-refractivity contribution in [3.05, 3.63) is 29.2 Å². The number of ether oxygens (including phenoxy) is 1. The molecule has 7 heteroatoms. The average Bonchev–Trinajstić information content (AvgIpc) is 3.18. The highest BCUT2D eigenvalue weighted by atomic mass is 16.5. The first-order chi connectivity index (χ1) is 11.1. The van der Waals surface area contributed by atoms with Crippen LogP contribution in [0.5, 0.6) is 5.75 Å². The van der Waals surface area contributed by atoms with Crippen LogP contribution in [0.3, 0.4) is 0 Å². The lowest BCUT2D eigenvalue weighted by Gasteiger charge is -2.29. The zero-order valence-electron chi connectivity index (χ0n) is 12.7. The van der Waals surface area contributed by atoms with Crippen LogP contribution in [-0.4, -0.2) is 26.3 Å². The van der Waals surface area contributed by atoms with Gasteiger partial charge in [0.25, 0.3) is 0 Å². The van der Waals surface area contributed by atoms with Gasteiger partial charge in [-0.2, -0.15) is 10.4 Å². The Morgan fingerprint density at radius 2 is 2.26 bits per heavy atom. The van der Waals surface area contributed by atoms with Gasteiger partial charge in [0.05, 0.1) is 11.4 Å². The topological polar surface area (TPSA) is 92.8 Å². The van der Waals surface area contributed by atoms with E-state index in [1.165, 1.54) is 0 Å².